The highest BCUT2D eigenvalue weighted by Crippen LogP contribution is 2.19. The highest BCUT2D eigenvalue weighted by atomic mass is 16.5. The molecule has 4 heteroatoms. The number of aliphatic hydroxyl groups excluding tert-OH is 1. The molecule has 0 spiro atoms. The third kappa shape index (κ3) is 4.49. The van der Waals surface area contributed by atoms with Crippen molar-refractivity contribution in [3.63, 3.8) is 0 Å². The van der Waals surface area contributed by atoms with Crippen molar-refractivity contribution in [2.45, 2.75) is 25.0 Å². The van der Waals surface area contributed by atoms with Gasteiger partial charge in [-0.25, -0.2) is 0 Å². The average molecular weight is 264 g/mol. The number of hydrogen-bond donors (Lipinski definition) is 2. The molecule has 1 aromatic carbocycles. The first-order chi connectivity index (χ1) is 9.29. The molecule has 1 aromatic rings. The summed E-state index contributed by atoms with van der Waals surface area (Å²) in [6.45, 7) is 3.16. The number of nitrogens with one attached hydrogen (secondary N) is 1. The predicted molar refractivity (Wildman–Crippen MR) is 77.6 cm³/mol. The van der Waals surface area contributed by atoms with Gasteiger partial charge in [-0.2, -0.15) is 0 Å². The Kier molecular flexibility index (Phi) is 5.63. The van der Waals surface area contributed by atoms with Crippen LogP contribution in [0.15, 0.2) is 30.3 Å². The van der Waals surface area contributed by atoms with Gasteiger partial charge in [0.25, 0.3) is 0 Å². The summed E-state index contributed by atoms with van der Waals surface area (Å²) in [7, 11) is 1.61. The van der Waals surface area contributed by atoms with Crippen molar-refractivity contribution in [3.05, 3.63) is 30.3 Å². The van der Waals surface area contributed by atoms with E-state index < -0.39 is 6.10 Å². The molecule has 2 N–H and O–H groups in total. The number of aliphatic hydroxyl groups is 1. The lowest BCUT2D eigenvalue weighted by atomic mass is 10.0. The molecule has 1 unspecified atom stereocenters. The van der Waals surface area contributed by atoms with E-state index >= 15 is 0 Å². The lowest BCUT2D eigenvalue weighted by molar-refractivity contribution is 0.0621. The van der Waals surface area contributed by atoms with Crippen molar-refractivity contribution < 1.29 is 9.84 Å². The Hall–Kier alpha value is -1.10. The predicted octanol–water partition coefficient (Wildman–Crippen LogP) is 1.25. The molecule has 1 heterocycles. The van der Waals surface area contributed by atoms with Crippen molar-refractivity contribution in [2.24, 2.45) is 0 Å². The van der Waals surface area contributed by atoms with Gasteiger partial charge in [-0.05, 0) is 25.0 Å². The number of rotatable bonds is 6. The lowest BCUT2D eigenvalue weighted by Gasteiger charge is -2.34. The van der Waals surface area contributed by atoms with E-state index in [4.69, 9.17) is 4.74 Å². The van der Waals surface area contributed by atoms with Gasteiger partial charge in [0.05, 0.1) is 12.7 Å². The second kappa shape index (κ2) is 7.48. The first-order valence-corrected chi connectivity index (χ1v) is 7.00. The smallest absolute Gasteiger partial charge is 0.0897 e. The van der Waals surface area contributed by atoms with Crippen molar-refractivity contribution >= 4 is 5.69 Å². The Morgan fingerprint density at radius 3 is 2.63 bits per heavy atom. The molecule has 0 aromatic heterocycles. The van der Waals surface area contributed by atoms with Crippen LogP contribution < -0.4 is 10.2 Å². The highest BCUT2D eigenvalue weighted by molar-refractivity contribution is 5.46. The zero-order chi connectivity index (χ0) is 13.5. The lowest BCUT2D eigenvalue weighted by Crippen LogP contribution is -2.45. The minimum atomic E-state index is -0.405. The van der Waals surface area contributed by atoms with Crippen molar-refractivity contribution in [1.82, 2.24) is 5.32 Å². The summed E-state index contributed by atoms with van der Waals surface area (Å²) in [5.74, 6) is 0. The van der Waals surface area contributed by atoms with Crippen LogP contribution in [0.4, 0.5) is 5.69 Å². The van der Waals surface area contributed by atoms with Crippen LogP contribution in [-0.2, 0) is 4.74 Å². The van der Waals surface area contributed by atoms with Crippen LogP contribution >= 0.6 is 0 Å². The topological polar surface area (TPSA) is 44.7 Å². The number of anilines is 1. The Morgan fingerprint density at radius 2 is 2.00 bits per heavy atom. The van der Waals surface area contributed by atoms with E-state index in [9.17, 15) is 5.11 Å². The third-order valence-corrected chi connectivity index (χ3v) is 3.62. The van der Waals surface area contributed by atoms with E-state index in [1.54, 1.807) is 7.11 Å². The summed E-state index contributed by atoms with van der Waals surface area (Å²) >= 11 is 0. The number of para-hydroxylation sites is 1. The summed E-state index contributed by atoms with van der Waals surface area (Å²) in [6.07, 6.45) is 1.83. The molecule has 1 saturated heterocycles. The maximum atomic E-state index is 9.61. The van der Waals surface area contributed by atoms with Crippen LogP contribution in [0.25, 0.3) is 0 Å². The second-order valence-corrected chi connectivity index (χ2v) is 5.11. The van der Waals surface area contributed by atoms with E-state index in [0.717, 1.165) is 25.9 Å². The Morgan fingerprint density at radius 1 is 1.32 bits per heavy atom. The van der Waals surface area contributed by atoms with Gasteiger partial charge in [0.2, 0.25) is 0 Å². The van der Waals surface area contributed by atoms with Gasteiger partial charge in [0.15, 0.2) is 0 Å². The fourth-order valence-electron chi connectivity index (χ4n) is 2.53. The number of hydrogen-bond acceptors (Lipinski definition) is 4. The van der Waals surface area contributed by atoms with Gasteiger partial charge in [-0.15, -0.1) is 0 Å². The zero-order valence-electron chi connectivity index (χ0n) is 11.6. The zero-order valence-corrected chi connectivity index (χ0v) is 11.6. The van der Waals surface area contributed by atoms with Crippen LogP contribution in [0.2, 0.25) is 0 Å². The average Bonchev–Trinajstić information content (AvgIpc) is 2.47. The van der Waals surface area contributed by atoms with Gasteiger partial charge in [-0.1, -0.05) is 18.2 Å². The third-order valence-electron chi connectivity index (χ3n) is 3.62. The van der Waals surface area contributed by atoms with E-state index in [0.29, 0.717) is 19.2 Å². The number of methoxy groups -OCH3 is 1. The Bertz CT molecular complexity index is 350. The van der Waals surface area contributed by atoms with Crippen LogP contribution in [0.1, 0.15) is 12.8 Å². The monoisotopic (exact) mass is 264 g/mol. The SMILES string of the molecule is COCC(O)CNC1CCN(c2ccccc2)CC1. The summed E-state index contributed by atoms with van der Waals surface area (Å²) < 4.78 is 4.92. The molecule has 1 atom stereocenters. The largest absolute Gasteiger partial charge is 0.389 e. The number of nitrogens with zero attached hydrogens (tertiary/aromatic N) is 1. The number of benzene rings is 1. The molecule has 0 saturated carbocycles. The molecule has 1 aliphatic rings. The molecule has 106 valence electrons. The van der Waals surface area contributed by atoms with Gasteiger partial charge in [-0.3, -0.25) is 0 Å². The number of piperidine rings is 1. The number of ether oxygens (including phenoxy) is 1. The van der Waals surface area contributed by atoms with Crippen LogP contribution in [-0.4, -0.2) is 50.6 Å². The highest BCUT2D eigenvalue weighted by Gasteiger charge is 2.19. The molecule has 0 amide bonds. The van der Waals surface area contributed by atoms with Crippen LogP contribution in [0.5, 0.6) is 0 Å². The molecule has 19 heavy (non-hydrogen) atoms. The molecular weight excluding hydrogens is 240 g/mol. The minimum Gasteiger partial charge on any atom is -0.389 e. The molecule has 2 rings (SSSR count). The summed E-state index contributed by atoms with van der Waals surface area (Å²) in [4.78, 5) is 2.42. The fourth-order valence-corrected chi connectivity index (χ4v) is 2.53. The standard InChI is InChI=1S/C15H24N2O2/c1-19-12-15(18)11-16-13-7-9-17(10-8-13)14-5-3-2-4-6-14/h2-6,13,15-16,18H,7-12H2,1H3. The van der Waals surface area contributed by atoms with Gasteiger partial charge >= 0.3 is 0 Å². The summed E-state index contributed by atoms with van der Waals surface area (Å²) in [5.41, 5.74) is 1.31. The van der Waals surface area contributed by atoms with E-state index in [2.05, 4.69) is 40.5 Å². The summed E-state index contributed by atoms with van der Waals surface area (Å²) in [5, 5.41) is 13.0. The molecule has 0 bridgehead atoms. The molecule has 1 fully saturated rings. The molecule has 0 radical (unpaired) electrons. The van der Waals surface area contributed by atoms with Gasteiger partial charge in [0, 0.05) is 38.5 Å². The Balaban J connectivity index is 1.71. The molecule has 4 nitrogen and oxygen atoms in total. The summed E-state index contributed by atoms with van der Waals surface area (Å²) in [6, 6.07) is 11.1. The van der Waals surface area contributed by atoms with E-state index in [1.807, 2.05) is 0 Å². The first kappa shape index (κ1) is 14.3. The van der Waals surface area contributed by atoms with Crippen molar-refractivity contribution in [3.8, 4) is 0 Å². The van der Waals surface area contributed by atoms with Crippen LogP contribution in [0.3, 0.4) is 0 Å². The maximum Gasteiger partial charge on any atom is 0.0897 e. The van der Waals surface area contributed by atoms with Gasteiger partial charge < -0.3 is 20.1 Å². The maximum absolute atomic E-state index is 9.61. The minimum absolute atomic E-state index is 0.399. The fraction of sp³-hybridized carbons (Fsp3) is 0.600. The van der Waals surface area contributed by atoms with Crippen molar-refractivity contribution in [1.29, 1.82) is 0 Å². The molecule has 1 aliphatic heterocycles. The van der Waals surface area contributed by atoms with E-state index in [1.165, 1.54) is 5.69 Å². The van der Waals surface area contributed by atoms with Crippen LogP contribution in [0, 0.1) is 0 Å². The van der Waals surface area contributed by atoms with Gasteiger partial charge in [0.1, 0.15) is 0 Å². The first-order valence-electron chi connectivity index (χ1n) is 7.00. The van der Waals surface area contributed by atoms with Crippen molar-refractivity contribution in [2.75, 3.05) is 38.3 Å². The van der Waals surface area contributed by atoms with E-state index in [-0.39, 0.29) is 0 Å². The molecule has 0 aliphatic carbocycles. The quantitative estimate of drug-likeness (QED) is 0.812. The normalized spacial score (nSPS) is 18.5. The molecular formula is C15H24N2O2. The Labute approximate surface area is 115 Å². The second-order valence-electron chi connectivity index (χ2n) is 5.11.